The molecule has 34 heavy (non-hydrogen) atoms. The van der Waals surface area contributed by atoms with Crippen molar-refractivity contribution in [1.82, 2.24) is 5.32 Å². The van der Waals surface area contributed by atoms with Gasteiger partial charge in [0.05, 0.1) is 17.7 Å². The van der Waals surface area contributed by atoms with E-state index in [0.717, 1.165) is 12.1 Å². The number of nitrogens with one attached hydrogen (secondary N) is 2. The van der Waals surface area contributed by atoms with E-state index in [1.165, 1.54) is 0 Å². The second-order valence-electron chi connectivity index (χ2n) is 7.08. The Kier molecular flexibility index (Phi) is 8.17. The Hall–Kier alpha value is -4.40. The maximum Gasteiger partial charge on any atom is 0.308 e. The first-order valence-corrected chi connectivity index (χ1v) is 10.2. The normalized spacial score (nSPS) is 10.3. The maximum absolute atomic E-state index is 13.6. The lowest BCUT2D eigenvalue weighted by atomic mass is 10.0. The molecule has 0 saturated heterocycles. The van der Waals surface area contributed by atoms with E-state index in [9.17, 15) is 28.0 Å². The van der Waals surface area contributed by atoms with Gasteiger partial charge in [-0.3, -0.25) is 19.2 Å². The molecular weight excluding hydrogens is 446 g/mol. The van der Waals surface area contributed by atoms with E-state index < -0.39 is 36.0 Å². The van der Waals surface area contributed by atoms with Crippen LogP contribution in [0.4, 0.5) is 14.5 Å². The lowest BCUT2D eigenvalue weighted by Crippen LogP contribution is -2.28. The van der Waals surface area contributed by atoms with Gasteiger partial charge in [0.2, 0.25) is 0 Å². The highest BCUT2D eigenvalue weighted by atomic mass is 19.1. The fourth-order valence-corrected chi connectivity index (χ4v) is 2.99. The van der Waals surface area contributed by atoms with Gasteiger partial charge in [-0.2, -0.15) is 0 Å². The number of esters is 1. The number of ketones is 1. The quantitative estimate of drug-likeness (QED) is 0.371. The molecule has 0 aliphatic rings. The zero-order valence-electron chi connectivity index (χ0n) is 17.8. The van der Waals surface area contributed by atoms with Crippen molar-refractivity contribution >= 4 is 29.3 Å². The first kappa shape index (κ1) is 24.2. The minimum absolute atomic E-state index is 0.176. The summed E-state index contributed by atoms with van der Waals surface area (Å²) >= 11 is 0. The number of benzene rings is 3. The highest BCUT2D eigenvalue weighted by Crippen LogP contribution is 2.19. The second-order valence-corrected chi connectivity index (χ2v) is 7.08. The molecule has 3 aromatic rings. The summed E-state index contributed by atoms with van der Waals surface area (Å²) in [4.78, 5) is 48.7. The van der Waals surface area contributed by atoms with Gasteiger partial charge >= 0.3 is 5.97 Å². The Morgan fingerprint density at radius 2 is 1.53 bits per heavy atom. The van der Waals surface area contributed by atoms with E-state index >= 15 is 0 Å². The average Bonchev–Trinajstić information content (AvgIpc) is 2.83. The largest absolute Gasteiger partial charge is 0.456 e. The molecule has 7 nitrogen and oxygen atoms in total. The molecule has 2 amide bonds. The highest BCUT2D eigenvalue weighted by molar-refractivity contribution is 6.13. The number of carbonyl (C=O) groups is 4. The van der Waals surface area contributed by atoms with Crippen LogP contribution in [-0.4, -0.2) is 36.7 Å². The van der Waals surface area contributed by atoms with Gasteiger partial charge in [0.15, 0.2) is 12.4 Å². The van der Waals surface area contributed by atoms with E-state index in [-0.39, 0.29) is 35.6 Å². The lowest BCUT2D eigenvalue weighted by molar-refractivity contribution is -0.147. The Morgan fingerprint density at radius 1 is 0.824 bits per heavy atom. The molecule has 0 heterocycles. The number of amides is 2. The summed E-state index contributed by atoms with van der Waals surface area (Å²) in [6.07, 6.45) is -0.273. The van der Waals surface area contributed by atoms with Gasteiger partial charge in [-0.25, -0.2) is 8.78 Å². The second kappa shape index (κ2) is 11.5. The monoisotopic (exact) mass is 466 g/mol. The number of ether oxygens (including phenoxy) is 1. The number of hydrogen-bond acceptors (Lipinski definition) is 5. The molecule has 0 radical (unpaired) electrons. The SMILES string of the molecule is O=C(COC(=O)CCNC(=O)c1ccc(F)cc1F)Nc1ccccc1C(=O)c1ccccc1. The summed E-state index contributed by atoms with van der Waals surface area (Å²) in [5, 5.41) is 4.86. The summed E-state index contributed by atoms with van der Waals surface area (Å²) in [6, 6.07) is 17.5. The zero-order chi connectivity index (χ0) is 24.5. The van der Waals surface area contributed by atoms with Crippen LogP contribution >= 0.6 is 0 Å². The molecule has 3 rings (SSSR count). The molecule has 3 aromatic carbocycles. The van der Waals surface area contributed by atoms with Crippen molar-refractivity contribution in [3.05, 3.63) is 101 Å². The zero-order valence-corrected chi connectivity index (χ0v) is 17.8. The first-order chi connectivity index (χ1) is 16.3. The van der Waals surface area contributed by atoms with E-state index in [1.54, 1.807) is 54.6 Å². The van der Waals surface area contributed by atoms with Crippen LogP contribution in [0.25, 0.3) is 0 Å². The van der Waals surface area contributed by atoms with E-state index in [1.807, 2.05) is 0 Å². The van der Waals surface area contributed by atoms with E-state index in [4.69, 9.17) is 4.74 Å². The van der Waals surface area contributed by atoms with Gasteiger partial charge in [-0.15, -0.1) is 0 Å². The van der Waals surface area contributed by atoms with Crippen molar-refractivity contribution in [2.75, 3.05) is 18.5 Å². The van der Waals surface area contributed by atoms with Gasteiger partial charge < -0.3 is 15.4 Å². The third kappa shape index (κ3) is 6.55. The molecule has 0 bridgehead atoms. The molecule has 9 heteroatoms. The van der Waals surface area contributed by atoms with Crippen LogP contribution in [0.2, 0.25) is 0 Å². The van der Waals surface area contributed by atoms with Crippen molar-refractivity contribution in [2.24, 2.45) is 0 Å². The minimum atomic E-state index is -1.03. The first-order valence-electron chi connectivity index (χ1n) is 10.2. The van der Waals surface area contributed by atoms with Crippen molar-refractivity contribution in [3.8, 4) is 0 Å². The predicted octanol–water partition coefficient (Wildman–Crippen LogP) is 3.50. The van der Waals surface area contributed by atoms with Crippen molar-refractivity contribution in [3.63, 3.8) is 0 Å². The van der Waals surface area contributed by atoms with Gasteiger partial charge in [0, 0.05) is 23.7 Å². The molecule has 0 fully saturated rings. The molecule has 2 N–H and O–H groups in total. The lowest BCUT2D eigenvalue weighted by Gasteiger charge is -2.11. The summed E-state index contributed by atoms with van der Waals surface area (Å²) in [5.41, 5.74) is 0.645. The smallest absolute Gasteiger partial charge is 0.308 e. The Morgan fingerprint density at radius 3 is 2.26 bits per heavy atom. The molecular formula is C25H20F2N2O5. The van der Waals surface area contributed by atoms with Crippen molar-refractivity contribution < 1.29 is 32.7 Å². The summed E-state index contributed by atoms with van der Waals surface area (Å²) in [6.45, 7) is -0.780. The number of carbonyl (C=O) groups excluding carboxylic acids is 4. The molecule has 0 atom stereocenters. The number of para-hydroxylation sites is 1. The Bertz CT molecular complexity index is 1210. The fraction of sp³-hybridized carbons (Fsp3) is 0.120. The number of anilines is 1. The van der Waals surface area contributed by atoms with Crippen LogP contribution in [0, 0.1) is 11.6 Å². The predicted molar refractivity (Wildman–Crippen MR) is 119 cm³/mol. The molecule has 174 valence electrons. The molecule has 0 aliphatic carbocycles. The van der Waals surface area contributed by atoms with Crippen LogP contribution in [0.15, 0.2) is 72.8 Å². The third-order valence-corrected chi connectivity index (χ3v) is 4.64. The van der Waals surface area contributed by atoms with Gasteiger partial charge in [0.1, 0.15) is 11.6 Å². The van der Waals surface area contributed by atoms with Gasteiger partial charge in [-0.1, -0.05) is 42.5 Å². The minimum Gasteiger partial charge on any atom is -0.456 e. The highest BCUT2D eigenvalue weighted by Gasteiger charge is 2.16. The molecule has 0 aliphatic heterocycles. The number of halogens is 2. The number of rotatable bonds is 9. The molecule has 0 saturated carbocycles. The van der Waals surface area contributed by atoms with Crippen molar-refractivity contribution in [2.45, 2.75) is 6.42 Å². The van der Waals surface area contributed by atoms with Crippen LogP contribution in [0.5, 0.6) is 0 Å². The number of hydrogen-bond donors (Lipinski definition) is 2. The van der Waals surface area contributed by atoms with Crippen LogP contribution in [-0.2, 0) is 14.3 Å². The van der Waals surface area contributed by atoms with Gasteiger partial charge in [0.25, 0.3) is 11.8 Å². The maximum atomic E-state index is 13.6. The topological polar surface area (TPSA) is 102 Å². The third-order valence-electron chi connectivity index (χ3n) is 4.64. The standard InChI is InChI=1S/C25H20F2N2O5/c26-17-10-11-18(20(27)14-17)25(33)28-13-12-23(31)34-15-22(30)29-21-9-5-4-8-19(21)24(32)16-6-2-1-3-7-16/h1-11,14H,12-13,15H2,(H,28,33)(H,29,30). The van der Waals surface area contributed by atoms with Crippen LogP contribution in [0.1, 0.15) is 32.7 Å². The molecule has 0 aromatic heterocycles. The molecule has 0 spiro atoms. The Labute approximate surface area is 193 Å². The summed E-state index contributed by atoms with van der Waals surface area (Å²) in [7, 11) is 0. The van der Waals surface area contributed by atoms with Crippen LogP contribution < -0.4 is 10.6 Å². The van der Waals surface area contributed by atoms with Crippen molar-refractivity contribution in [1.29, 1.82) is 0 Å². The summed E-state index contributed by atoms with van der Waals surface area (Å²) < 4.78 is 31.4. The average molecular weight is 466 g/mol. The van der Waals surface area contributed by atoms with E-state index in [0.29, 0.717) is 11.6 Å². The fourth-order valence-electron chi connectivity index (χ4n) is 2.99. The van der Waals surface area contributed by atoms with E-state index in [2.05, 4.69) is 10.6 Å². The summed E-state index contributed by atoms with van der Waals surface area (Å²) in [5.74, 6) is -4.36. The molecule has 0 unspecified atom stereocenters. The Balaban J connectivity index is 1.47. The van der Waals surface area contributed by atoms with Gasteiger partial charge in [-0.05, 0) is 24.3 Å². The van der Waals surface area contributed by atoms with Crippen LogP contribution in [0.3, 0.4) is 0 Å².